The zero-order valence-corrected chi connectivity index (χ0v) is 12.2. The van der Waals surface area contributed by atoms with Crippen LogP contribution in [0.25, 0.3) is 5.57 Å². The third-order valence-electron chi connectivity index (χ3n) is 3.74. The molecule has 20 heavy (non-hydrogen) atoms. The third kappa shape index (κ3) is 2.14. The number of hydrogen-bond acceptors (Lipinski definition) is 0. The summed E-state index contributed by atoms with van der Waals surface area (Å²) in [4.78, 5) is 0. The molecule has 0 atom stereocenters. The topological polar surface area (TPSA) is 7.94 Å². The van der Waals surface area contributed by atoms with Crippen molar-refractivity contribution in [1.82, 2.24) is 4.57 Å². The average Bonchev–Trinajstić information content (AvgIpc) is 3.03. The Morgan fingerprint density at radius 1 is 1.10 bits per heavy atom. The van der Waals surface area contributed by atoms with Gasteiger partial charge in [0.2, 0.25) is 5.70 Å². The molecule has 0 aliphatic carbocycles. The van der Waals surface area contributed by atoms with Crippen LogP contribution >= 0.6 is 0 Å². The number of hydrogen-bond donors (Lipinski definition) is 0. The van der Waals surface area contributed by atoms with E-state index < -0.39 is 0 Å². The molecule has 0 radical (unpaired) electrons. The Morgan fingerprint density at radius 2 is 1.85 bits per heavy atom. The van der Waals surface area contributed by atoms with E-state index in [1.165, 1.54) is 28.1 Å². The molecule has 2 heteroatoms. The molecule has 0 bridgehead atoms. The zero-order valence-electron chi connectivity index (χ0n) is 12.2. The van der Waals surface area contributed by atoms with E-state index in [1.54, 1.807) is 0 Å². The second kappa shape index (κ2) is 4.97. The molecule has 0 spiro atoms. The monoisotopic (exact) mass is 263 g/mol. The molecule has 1 aliphatic rings. The van der Waals surface area contributed by atoms with E-state index in [4.69, 9.17) is 0 Å². The summed E-state index contributed by atoms with van der Waals surface area (Å²) in [5, 5.41) is 0. The summed E-state index contributed by atoms with van der Waals surface area (Å²) < 4.78 is 4.34. The second-order valence-corrected chi connectivity index (χ2v) is 5.25. The van der Waals surface area contributed by atoms with E-state index in [0.29, 0.717) is 0 Å². The van der Waals surface area contributed by atoms with Crippen LogP contribution in [0.1, 0.15) is 16.8 Å². The summed E-state index contributed by atoms with van der Waals surface area (Å²) in [6, 6.07) is 13.0. The van der Waals surface area contributed by atoms with Crippen LogP contribution in [0.3, 0.4) is 0 Å². The quantitative estimate of drug-likeness (QED) is 0.734. The van der Waals surface area contributed by atoms with Gasteiger partial charge in [0, 0.05) is 25.4 Å². The Bertz CT molecular complexity index is 725. The van der Waals surface area contributed by atoms with Gasteiger partial charge in [-0.05, 0) is 24.6 Å². The highest BCUT2D eigenvalue weighted by Crippen LogP contribution is 2.29. The van der Waals surface area contributed by atoms with E-state index >= 15 is 0 Å². The molecule has 0 N–H and O–H groups in total. The molecule has 2 heterocycles. The van der Waals surface area contributed by atoms with Crippen molar-refractivity contribution in [2.75, 3.05) is 7.05 Å². The minimum Gasteiger partial charge on any atom is -0.350 e. The van der Waals surface area contributed by atoms with Gasteiger partial charge < -0.3 is 4.57 Å². The summed E-state index contributed by atoms with van der Waals surface area (Å²) in [7, 11) is 4.18. The van der Waals surface area contributed by atoms with Crippen LogP contribution in [-0.2, 0) is 7.05 Å². The van der Waals surface area contributed by atoms with Gasteiger partial charge in [0.05, 0.1) is 11.3 Å². The molecular formula is C18H19N2+. The van der Waals surface area contributed by atoms with Gasteiger partial charge in [-0.2, -0.15) is 0 Å². The highest BCUT2D eigenvalue weighted by atomic mass is 15.0. The molecule has 100 valence electrons. The summed E-state index contributed by atoms with van der Waals surface area (Å²) in [5.74, 6) is 0. The maximum absolute atomic E-state index is 2.20. The summed E-state index contributed by atoms with van der Waals surface area (Å²) >= 11 is 0. The SMILES string of the molecule is Cc1ccc(/C(=C2\C=CC=[N+]2C)c2cccn2C)cc1. The fourth-order valence-corrected chi connectivity index (χ4v) is 2.59. The highest BCUT2D eigenvalue weighted by molar-refractivity contribution is 5.84. The molecule has 0 amide bonds. The van der Waals surface area contributed by atoms with Crippen molar-refractivity contribution in [1.29, 1.82) is 0 Å². The van der Waals surface area contributed by atoms with Gasteiger partial charge in [0.1, 0.15) is 7.05 Å². The molecule has 1 aromatic carbocycles. The number of allylic oxidation sites excluding steroid dienone is 2. The number of rotatable bonds is 2. The maximum Gasteiger partial charge on any atom is 0.215 e. The van der Waals surface area contributed by atoms with Gasteiger partial charge in [0.25, 0.3) is 0 Å². The number of likely N-dealkylation sites (N-methyl/N-ethyl adjacent to an activating group) is 1. The number of aryl methyl sites for hydroxylation is 2. The van der Waals surface area contributed by atoms with Crippen LogP contribution in [-0.4, -0.2) is 22.4 Å². The van der Waals surface area contributed by atoms with Gasteiger partial charge in [-0.1, -0.05) is 29.8 Å². The minimum atomic E-state index is 1.23. The van der Waals surface area contributed by atoms with Crippen LogP contribution in [0.15, 0.2) is 60.4 Å². The maximum atomic E-state index is 2.20. The molecule has 0 unspecified atom stereocenters. The molecular weight excluding hydrogens is 244 g/mol. The smallest absolute Gasteiger partial charge is 0.215 e. The lowest BCUT2D eigenvalue weighted by Gasteiger charge is -2.10. The molecule has 2 nitrogen and oxygen atoms in total. The van der Waals surface area contributed by atoms with Crippen molar-refractivity contribution in [2.24, 2.45) is 7.05 Å². The van der Waals surface area contributed by atoms with Crippen LogP contribution in [0.5, 0.6) is 0 Å². The summed E-state index contributed by atoms with van der Waals surface area (Å²) in [5.41, 5.74) is 6.27. The van der Waals surface area contributed by atoms with Crippen molar-refractivity contribution in [3.05, 3.63) is 77.3 Å². The normalized spacial score (nSPS) is 16.4. The predicted octanol–water partition coefficient (Wildman–Crippen LogP) is 3.38. The average molecular weight is 263 g/mol. The molecule has 0 fully saturated rings. The van der Waals surface area contributed by atoms with E-state index in [-0.39, 0.29) is 0 Å². The Morgan fingerprint density at radius 3 is 2.40 bits per heavy atom. The first kappa shape index (κ1) is 12.7. The van der Waals surface area contributed by atoms with Crippen LogP contribution in [0.4, 0.5) is 0 Å². The largest absolute Gasteiger partial charge is 0.350 e. The van der Waals surface area contributed by atoms with E-state index in [0.717, 1.165) is 0 Å². The Balaban J connectivity index is 2.25. The number of benzene rings is 1. The molecule has 2 aromatic rings. The molecule has 1 aliphatic heterocycles. The Kier molecular flexibility index (Phi) is 3.15. The molecule has 0 saturated heterocycles. The van der Waals surface area contributed by atoms with E-state index in [9.17, 15) is 0 Å². The molecule has 3 rings (SSSR count). The minimum absolute atomic E-state index is 1.23. The fraction of sp³-hybridized carbons (Fsp3) is 0.167. The summed E-state index contributed by atoms with van der Waals surface area (Å²) in [6.07, 6.45) is 8.44. The Labute approximate surface area is 120 Å². The standard InChI is InChI=1S/C18H19N2/c1-14-8-10-15(11-9-14)18(16-6-4-12-19(16)2)17-7-5-13-20(17)3/h4-13H,1-3H3/q+1. The zero-order chi connectivity index (χ0) is 14.1. The first-order valence-electron chi connectivity index (χ1n) is 6.84. The third-order valence-corrected chi connectivity index (χ3v) is 3.74. The fourth-order valence-electron chi connectivity index (χ4n) is 2.59. The van der Waals surface area contributed by atoms with E-state index in [1.807, 2.05) is 0 Å². The number of aromatic nitrogens is 1. The van der Waals surface area contributed by atoms with Gasteiger partial charge in [-0.3, -0.25) is 0 Å². The summed E-state index contributed by atoms with van der Waals surface area (Å²) in [6.45, 7) is 2.12. The van der Waals surface area contributed by atoms with Crippen molar-refractivity contribution >= 4 is 11.8 Å². The van der Waals surface area contributed by atoms with Crippen molar-refractivity contribution in [3.8, 4) is 0 Å². The van der Waals surface area contributed by atoms with Crippen molar-refractivity contribution in [2.45, 2.75) is 6.92 Å². The van der Waals surface area contributed by atoms with Crippen LogP contribution < -0.4 is 0 Å². The number of nitrogens with zero attached hydrogens (tertiary/aromatic N) is 2. The lowest BCUT2D eigenvalue weighted by molar-refractivity contribution is -0.428. The first-order chi connectivity index (χ1) is 9.66. The van der Waals surface area contributed by atoms with Gasteiger partial charge >= 0.3 is 0 Å². The highest BCUT2D eigenvalue weighted by Gasteiger charge is 2.21. The van der Waals surface area contributed by atoms with Gasteiger partial charge in [0.15, 0.2) is 6.21 Å². The lowest BCUT2D eigenvalue weighted by Crippen LogP contribution is -2.06. The molecule has 1 aromatic heterocycles. The van der Waals surface area contributed by atoms with E-state index in [2.05, 4.69) is 91.1 Å². The van der Waals surface area contributed by atoms with Gasteiger partial charge in [-0.15, -0.1) is 0 Å². The lowest BCUT2D eigenvalue weighted by atomic mass is 9.99. The van der Waals surface area contributed by atoms with Crippen LogP contribution in [0, 0.1) is 6.92 Å². The second-order valence-electron chi connectivity index (χ2n) is 5.25. The predicted molar refractivity (Wildman–Crippen MR) is 84.0 cm³/mol. The molecule has 0 saturated carbocycles. The van der Waals surface area contributed by atoms with Crippen molar-refractivity contribution in [3.63, 3.8) is 0 Å². The van der Waals surface area contributed by atoms with Crippen molar-refractivity contribution < 1.29 is 4.58 Å². The first-order valence-corrected chi connectivity index (χ1v) is 6.84. The van der Waals surface area contributed by atoms with Gasteiger partial charge in [-0.25, -0.2) is 4.58 Å². The van der Waals surface area contributed by atoms with Crippen LogP contribution in [0.2, 0.25) is 0 Å². The Hall–Kier alpha value is -2.35.